The molecule has 0 saturated heterocycles. The Balaban J connectivity index is 1.82. The standard InChI is InChI=1S/C13H23N5O/c1-2-9-19-13-17-11(14)16-12(18-13)15-8-7-10-5-3-4-6-10/h10H,2-9H2,1H3,(H3,14,15,16,17,18). The molecule has 0 aromatic carbocycles. The Hall–Kier alpha value is -1.59. The third-order valence-corrected chi connectivity index (χ3v) is 3.38. The molecule has 19 heavy (non-hydrogen) atoms. The molecule has 0 radical (unpaired) electrons. The van der Waals surface area contributed by atoms with Gasteiger partial charge in [0.25, 0.3) is 0 Å². The number of nitrogens with one attached hydrogen (secondary N) is 1. The van der Waals surface area contributed by atoms with Gasteiger partial charge in [0.2, 0.25) is 11.9 Å². The van der Waals surface area contributed by atoms with Crippen LogP contribution in [0.3, 0.4) is 0 Å². The number of hydrogen-bond acceptors (Lipinski definition) is 6. The molecule has 3 N–H and O–H groups in total. The highest BCUT2D eigenvalue weighted by molar-refractivity contribution is 5.32. The maximum atomic E-state index is 5.64. The van der Waals surface area contributed by atoms with Crippen LogP contribution in [-0.4, -0.2) is 28.1 Å². The molecule has 0 bridgehead atoms. The summed E-state index contributed by atoms with van der Waals surface area (Å²) in [5, 5.41) is 3.21. The topological polar surface area (TPSA) is 86.0 Å². The van der Waals surface area contributed by atoms with Crippen LogP contribution in [0.2, 0.25) is 0 Å². The van der Waals surface area contributed by atoms with E-state index in [2.05, 4.69) is 20.3 Å². The molecule has 0 spiro atoms. The fourth-order valence-electron chi connectivity index (χ4n) is 2.40. The first-order chi connectivity index (χ1) is 9.28. The molecule has 1 aliphatic rings. The lowest BCUT2D eigenvalue weighted by Crippen LogP contribution is -2.12. The van der Waals surface area contributed by atoms with E-state index in [-0.39, 0.29) is 5.95 Å². The van der Waals surface area contributed by atoms with E-state index in [4.69, 9.17) is 10.5 Å². The first kappa shape index (κ1) is 13.8. The third kappa shape index (κ3) is 4.54. The number of anilines is 2. The van der Waals surface area contributed by atoms with E-state index >= 15 is 0 Å². The molecule has 1 saturated carbocycles. The van der Waals surface area contributed by atoms with Crippen LogP contribution in [0, 0.1) is 5.92 Å². The maximum Gasteiger partial charge on any atom is 0.323 e. The van der Waals surface area contributed by atoms with Gasteiger partial charge in [-0.2, -0.15) is 15.0 Å². The van der Waals surface area contributed by atoms with Gasteiger partial charge < -0.3 is 15.8 Å². The van der Waals surface area contributed by atoms with Crippen molar-refractivity contribution in [3.63, 3.8) is 0 Å². The Bertz CT molecular complexity index is 393. The van der Waals surface area contributed by atoms with Crippen molar-refractivity contribution in [1.29, 1.82) is 0 Å². The van der Waals surface area contributed by atoms with Crippen molar-refractivity contribution in [3.05, 3.63) is 0 Å². The second-order valence-electron chi connectivity index (χ2n) is 5.01. The third-order valence-electron chi connectivity index (χ3n) is 3.38. The van der Waals surface area contributed by atoms with Crippen molar-refractivity contribution in [2.45, 2.75) is 45.4 Å². The highest BCUT2D eigenvalue weighted by atomic mass is 16.5. The van der Waals surface area contributed by atoms with Crippen LogP contribution in [0.1, 0.15) is 45.4 Å². The number of rotatable bonds is 7. The number of ether oxygens (including phenoxy) is 1. The summed E-state index contributed by atoms with van der Waals surface area (Å²) in [6.45, 7) is 3.50. The Morgan fingerprint density at radius 1 is 1.26 bits per heavy atom. The van der Waals surface area contributed by atoms with Gasteiger partial charge in [-0.1, -0.05) is 32.6 Å². The summed E-state index contributed by atoms with van der Waals surface area (Å²) in [6.07, 6.45) is 7.53. The lowest BCUT2D eigenvalue weighted by molar-refractivity contribution is 0.292. The van der Waals surface area contributed by atoms with Gasteiger partial charge in [0.1, 0.15) is 0 Å². The molecule has 0 atom stereocenters. The normalized spacial score (nSPS) is 15.6. The summed E-state index contributed by atoms with van der Waals surface area (Å²) in [6, 6.07) is 0.303. The predicted molar refractivity (Wildman–Crippen MR) is 75.1 cm³/mol. The number of nitrogens with two attached hydrogens (primary N) is 1. The minimum absolute atomic E-state index is 0.199. The summed E-state index contributed by atoms with van der Waals surface area (Å²) >= 11 is 0. The van der Waals surface area contributed by atoms with Gasteiger partial charge in [-0.15, -0.1) is 0 Å². The predicted octanol–water partition coefficient (Wildman–Crippen LogP) is 2.23. The molecule has 0 amide bonds. The van der Waals surface area contributed by atoms with E-state index in [1.54, 1.807) is 0 Å². The highest BCUT2D eigenvalue weighted by Crippen LogP contribution is 2.27. The van der Waals surface area contributed by atoms with Crippen LogP contribution in [0.4, 0.5) is 11.9 Å². The second-order valence-corrected chi connectivity index (χ2v) is 5.01. The van der Waals surface area contributed by atoms with Crippen molar-refractivity contribution in [2.24, 2.45) is 5.92 Å². The van der Waals surface area contributed by atoms with E-state index in [0.717, 1.165) is 25.3 Å². The lowest BCUT2D eigenvalue weighted by Gasteiger charge is -2.10. The Kier molecular flexibility index (Phi) is 5.18. The lowest BCUT2D eigenvalue weighted by atomic mass is 10.0. The fraction of sp³-hybridized carbons (Fsp3) is 0.769. The zero-order valence-corrected chi connectivity index (χ0v) is 11.6. The van der Waals surface area contributed by atoms with Crippen LogP contribution in [-0.2, 0) is 0 Å². The molecule has 1 heterocycles. The van der Waals surface area contributed by atoms with Crippen molar-refractivity contribution in [3.8, 4) is 6.01 Å². The molecule has 1 fully saturated rings. The molecule has 0 unspecified atom stereocenters. The molecule has 1 aromatic heterocycles. The summed E-state index contributed by atoms with van der Waals surface area (Å²) in [4.78, 5) is 12.2. The molecular weight excluding hydrogens is 242 g/mol. The van der Waals surface area contributed by atoms with E-state index in [0.29, 0.717) is 18.6 Å². The van der Waals surface area contributed by atoms with E-state index in [9.17, 15) is 0 Å². The quantitative estimate of drug-likeness (QED) is 0.786. The smallest absolute Gasteiger partial charge is 0.323 e. The van der Waals surface area contributed by atoms with Crippen LogP contribution < -0.4 is 15.8 Å². The van der Waals surface area contributed by atoms with Gasteiger partial charge in [0.05, 0.1) is 6.61 Å². The first-order valence-corrected chi connectivity index (χ1v) is 7.16. The molecular formula is C13H23N5O. The van der Waals surface area contributed by atoms with Crippen LogP contribution in [0.15, 0.2) is 0 Å². The minimum atomic E-state index is 0.199. The van der Waals surface area contributed by atoms with E-state index < -0.39 is 0 Å². The average molecular weight is 265 g/mol. The molecule has 6 nitrogen and oxygen atoms in total. The van der Waals surface area contributed by atoms with Gasteiger partial charge in [0, 0.05) is 6.54 Å². The number of hydrogen-bond donors (Lipinski definition) is 2. The van der Waals surface area contributed by atoms with Crippen molar-refractivity contribution in [2.75, 3.05) is 24.2 Å². The Morgan fingerprint density at radius 3 is 2.79 bits per heavy atom. The van der Waals surface area contributed by atoms with Crippen molar-refractivity contribution in [1.82, 2.24) is 15.0 Å². The number of aromatic nitrogens is 3. The summed E-state index contributed by atoms with van der Waals surface area (Å²) in [5.41, 5.74) is 5.64. The van der Waals surface area contributed by atoms with E-state index in [1.165, 1.54) is 25.7 Å². The Labute approximate surface area is 114 Å². The van der Waals surface area contributed by atoms with Crippen LogP contribution >= 0.6 is 0 Å². The SMILES string of the molecule is CCCOc1nc(N)nc(NCCC2CCCC2)n1. The summed E-state index contributed by atoms with van der Waals surface area (Å²) in [5.74, 6) is 1.56. The van der Waals surface area contributed by atoms with Gasteiger partial charge in [-0.05, 0) is 18.8 Å². The highest BCUT2D eigenvalue weighted by Gasteiger charge is 2.14. The Morgan fingerprint density at radius 2 is 2.05 bits per heavy atom. The van der Waals surface area contributed by atoms with Crippen LogP contribution in [0.5, 0.6) is 6.01 Å². The first-order valence-electron chi connectivity index (χ1n) is 7.16. The second kappa shape index (κ2) is 7.11. The summed E-state index contributed by atoms with van der Waals surface area (Å²) in [7, 11) is 0. The zero-order chi connectivity index (χ0) is 13.5. The maximum absolute atomic E-state index is 5.64. The molecule has 106 valence electrons. The van der Waals surface area contributed by atoms with Crippen LogP contribution in [0.25, 0.3) is 0 Å². The van der Waals surface area contributed by atoms with Crippen molar-refractivity contribution >= 4 is 11.9 Å². The molecule has 1 aromatic rings. The zero-order valence-electron chi connectivity index (χ0n) is 11.6. The van der Waals surface area contributed by atoms with Crippen molar-refractivity contribution < 1.29 is 4.74 Å². The average Bonchev–Trinajstić information content (AvgIpc) is 2.89. The summed E-state index contributed by atoms with van der Waals surface area (Å²) < 4.78 is 5.37. The monoisotopic (exact) mass is 265 g/mol. The van der Waals surface area contributed by atoms with Gasteiger partial charge >= 0.3 is 6.01 Å². The molecule has 1 aliphatic carbocycles. The molecule has 0 aliphatic heterocycles. The minimum Gasteiger partial charge on any atom is -0.463 e. The molecule has 2 rings (SSSR count). The van der Waals surface area contributed by atoms with E-state index in [1.807, 2.05) is 6.92 Å². The van der Waals surface area contributed by atoms with Gasteiger partial charge in [-0.3, -0.25) is 0 Å². The number of nitrogens with zero attached hydrogens (tertiary/aromatic N) is 3. The number of nitrogen functional groups attached to an aromatic ring is 1. The van der Waals surface area contributed by atoms with Gasteiger partial charge in [-0.25, -0.2) is 0 Å². The fourth-order valence-corrected chi connectivity index (χ4v) is 2.40. The largest absolute Gasteiger partial charge is 0.463 e. The van der Waals surface area contributed by atoms with Gasteiger partial charge in [0.15, 0.2) is 0 Å². The molecule has 6 heteroatoms.